The van der Waals surface area contributed by atoms with Crippen LogP contribution in [0.15, 0.2) is 28.7 Å². The molecule has 1 N–H and O–H groups in total. The van der Waals surface area contributed by atoms with Gasteiger partial charge in [-0.15, -0.1) is 0 Å². The number of aryl methyl sites for hydroxylation is 1. The lowest BCUT2D eigenvalue weighted by molar-refractivity contribution is 0.563. The molecule has 2 heterocycles. The lowest BCUT2D eigenvalue weighted by Gasteiger charge is -2.09. The molecule has 2 nitrogen and oxygen atoms in total. The van der Waals surface area contributed by atoms with Crippen molar-refractivity contribution in [2.75, 3.05) is 12.3 Å². The Labute approximate surface area is 112 Å². The highest BCUT2D eigenvalue weighted by molar-refractivity contribution is 8.00. The maximum atomic E-state index is 5.78. The Morgan fingerprint density at radius 3 is 3.11 bits per heavy atom. The molecule has 0 bridgehead atoms. The van der Waals surface area contributed by atoms with Crippen LogP contribution in [0.3, 0.4) is 0 Å². The Kier molecular flexibility index (Phi) is 3.62. The molecular weight excluding hydrogens is 242 g/mol. The summed E-state index contributed by atoms with van der Waals surface area (Å²) in [5.74, 6) is 2.38. The number of para-hydroxylation sites is 1. The number of hydrogen-bond donors (Lipinski definition) is 1. The average Bonchev–Trinajstić information content (AvgIpc) is 2.98. The van der Waals surface area contributed by atoms with E-state index >= 15 is 0 Å². The van der Waals surface area contributed by atoms with Crippen LogP contribution in [0.2, 0.25) is 0 Å². The van der Waals surface area contributed by atoms with Gasteiger partial charge in [-0.25, -0.2) is 0 Å². The molecule has 1 saturated heterocycles. The van der Waals surface area contributed by atoms with Crippen molar-refractivity contribution in [3.63, 3.8) is 0 Å². The van der Waals surface area contributed by atoms with Crippen molar-refractivity contribution in [3.8, 4) is 0 Å². The first-order valence-electron chi connectivity index (χ1n) is 6.64. The van der Waals surface area contributed by atoms with Crippen molar-refractivity contribution in [3.05, 3.63) is 35.6 Å². The Balaban J connectivity index is 1.68. The Hall–Kier alpha value is -0.930. The second-order valence-electron chi connectivity index (χ2n) is 4.90. The van der Waals surface area contributed by atoms with Gasteiger partial charge in [0.05, 0.1) is 0 Å². The molecular formula is C15H19NOS. The zero-order chi connectivity index (χ0) is 12.4. The molecule has 1 atom stereocenters. The fourth-order valence-electron chi connectivity index (χ4n) is 2.60. The van der Waals surface area contributed by atoms with Gasteiger partial charge in [0.1, 0.15) is 11.3 Å². The van der Waals surface area contributed by atoms with Crippen molar-refractivity contribution in [1.29, 1.82) is 0 Å². The summed E-state index contributed by atoms with van der Waals surface area (Å²) in [6, 6.07) is 8.29. The van der Waals surface area contributed by atoms with Gasteiger partial charge in [-0.2, -0.15) is 11.8 Å². The molecule has 3 rings (SSSR count). The minimum absolute atomic E-state index is 0.809. The number of fused-ring (bicyclic) bond motifs is 1. The lowest BCUT2D eigenvalue weighted by Crippen LogP contribution is -2.22. The number of thioether (sulfide) groups is 1. The molecule has 0 radical (unpaired) electrons. The second kappa shape index (κ2) is 5.37. The summed E-state index contributed by atoms with van der Waals surface area (Å²) in [5.41, 5.74) is 2.32. The van der Waals surface area contributed by atoms with Gasteiger partial charge in [-0.05, 0) is 31.6 Å². The van der Waals surface area contributed by atoms with E-state index in [4.69, 9.17) is 4.42 Å². The Morgan fingerprint density at radius 1 is 1.39 bits per heavy atom. The van der Waals surface area contributed by atoms with E-state index in [1.807, 2.05) is 12.1 Å². The molecule has 1 aliphatic heterocycles. The maximum absolute atomic E-state index is 5.78. The Morgan fingerprint density at radius 2 is 2.28 bits per heavy atom. The van der Waals surface area contributed by atoms with E-state index in [-0.39, 0.29) is 0 Å². The molecule has 0 spiro atoms. The molecule has 1 unspecified atom stereocenters. The normalized spacial score (nSPS) is 19.7. The van der Waals surface area contributed by atoms with Crippen molar-refractivity contribution in [2.45, 2.75) is 31.6 Å². The fourth-order valence-corrected chi connectivity index (χ4v) is 3.84. The van der Waals surface area contributed by atoms with E-state index in [1.165, 1.54) is 29.5 Å². The maximum Gasteiger partial charge on any atom is 0.134 e. The number of nitrogens with one attached hydrogen (secondary N) is 1. The SMILES string of the molecule is Cc1oc2ccccc2c1CNCC1CCCS1. The van der Waals surface area contributed by atoms with Gasteiger partial charge >= 0.3 is 0 Å². The third-order valence-corrected chi connectivity index (χ3v) is 5.00. The number of hydrogen-bond acceptors (Lipinski definition) is 3. The first kappa shape index (κ1) is 12.1. The summed E-state index contributed by atoms with van der Waals surface area (Å²) in [6.45, 7) is 4.09. The predicted molar refractivity (Wildman–Crippen MR) is 78.1 cm³/mol. The molecule has 1 aliphatic rings. The smallest absolute Gasteiger partial charge is 0.134 e. The Bertz CT molecular complexity index is 528. The van der Waals surface area contributed by atoms with Crippen molar-refractivity contribution < 1.29 is 4.42 Å². The van der Waals surface area contributed by atoms with Crippen LogP contribution < -0.4 is 5.32 Å². The average molecular weight is 261 g/mol. The first-order chi connectivity index (χ1) is 8.84. The molecule has 0 saturated carbocycles. The molecule has 96 valence electrons. The van der Waals surface area contributed by atoms with E-state index in [0.717, 1.165) is 29.7 Å². The van der Waals surface area contributed by atoms with Gasteiger partial charge in [0.25, 0.3) is 0 Å². The standard InChI is InChI=1S/C15H19NOS/c1-11-14(10-16-9-12-5-4-8-18-12)13-6-2-3-7-15(13)17-11/h2-3,6-7,12,16H,4-5,8-10H2,1H3. The second-order valence-corrected chi connectivity index (χ2v) is 6.31. The van der Waals surface area contributed by atoms with Crippen LogP contribution in [0, 0.1) is 6.92 Å². The van der Waals surface area contributed by atoms with Crippen LogP contribution in [-0.2, 0) is 6.54 Å². The summed E-state index contributed by atoms with van der Waals surface area (Å²) < 4.78 is 5.78. The van der Waals surface area contributed by atoms with Gasteiger partial charge in [0, 0.05) is 29.3 Å². The van der Waals surface area contributed by atoms with E-state index in [9.17, 15) is 0 Å². The molecule has 2 aromatic rings. The van der Waals surface area contributed by atoms with Crippen LogP contribution in [0.5, 0.6) is 0 Å². The van der Waals surface area contributed by atoms with Crippen molar-refractivity contribution >= 4 is 22.7 Å². The first-order valence-corrected chi connectivity index (χ1v) is 7.69. The summed E-state index contributed by atoms with van der Waals surface area (Å²) in [7, 11) is 0. The van der Waals surface area contributed by atoms with Crippen LogP contribution >= 0.6 is 11.8 Å². The molecule has 1 fully saturated rings. The van der Waals surface area contributed by atoms with E-state index in [2.05, 4.69) is 36.1 Å². The number of rotatable bonds is 4. The number of furan rings is 1. The third-order valence-electron chi connectivity index (χ3n) is 3.60. The van der Waals surface area contributed by atoms with Gasteiger partial charge in [-0.3, -0.25) is 0 Å². The summed E-state index contributed by atoms with van der Waals surface area (Å²) in [5, 5.41) is 5.64. The zero-order valence-electron chi connectivity index (χ0n) is 10.7. The minimum Gasteiger partial charge on any atom is -0.461 e. The van der Waals surface area contributed by atoms with Crippen molar-refractivity contribution in [1.82, 2.24) is 5.32 Å². The monoisotopic (exact) mass is 261 g/mol. The highest BCUT2D eigenvalue weighted by Gasteiger charge is 2.15. The summed E-state index contributed by atoms with van der Waals surface area (Å²) in [6.07, 6.45) is 2.74. The van der Waals surface area contributed by atoms with Gasteiger partial charge in [0.15, 0.2) is 0 Å². The highest BCUT2D eigenvalue weighted by atomic mass is 32.2. The van der Waals surface area contributed by atoms with Gasteiger partial charge < -0.3 is 9.73 Å². The zero-order valence-corrected chi connectivity index (χ0v) is 11.6. The molecule has 3 heteroatoms. The van der Waals surface area contributed by atoms with Crippen LogP contribution in [0.1, 0.15) is 24.2 Å². The molecule has 1 aromatic heterocycles. The fraction of sp³-hybridized carbons (Fsp3) is 0.467. The minimum atomic E-state index is 0.809. The summed E-state index contributed by atoms with van der Waals surface area (Å²) >= 11 is 2.10. The van der Waals surface area contributed by atoms with Crippen molar-refractivity contribution in [2.24, 2.45) is 0 Å². The van der Waals surface area contributed by atoms with Crippen LogP contribution in [0.4, 0.5) is 0 Å². The lowest BCUT2D eigenvalue weighted by atomic mass is 10.1. The van der Waals surface area contributed by atoms with Gasteiger partial charge in [0.2, 0.25) is 0 Å². The van der Waals surface area contributed by atoms with E-state index in [1.54, 1.807) is 0 Å². The van der Waals surface area contributed by atoms with Crippen LogP contribution in [0.25, 0.3) is 11.0 Å². The third kappa shape index (κ3) is 2.43. The highest BCUT2D eigenvalue weighted by Crippen LogP contribution is 2.27. The summed E-state index contributed by atoms with van der Waals surface area (Å²) in [4.78, 5) is 0. The number of benzene rings is 1. The molecule has 18 heavy (non-hydrogen) atoms. The topological polar surface area (TPSA) is 25.2 Å². The quantitative estimate of drug-likeness (QED) is 0.908. The van der Waals surface area contributed by atoms with Crippen LogP contribution in [-0.4, -0.2) is 17.5 Å². The predicted octanol–water partition coefficient (Wildman–Crippen LogP) is 3.73. The molecule has 1 aromatic carbocycles. The largest absolute Gasteiger partial charge is 0.461 e. The molecule has 0 amide bonds. The van der Waals surface area contributed by atoms with E-state index < -0.39 is 0 Å². The van der Waals surface area contributed by atoms with E-state index in [0.29, 0.717) is 0 Å². The molecule has 0 aliphatic carbocycles. The van der Waals surface area contributed by atoms with Gasteiger partial charge in [-0.1, -0.05) is 18.2 Å².